The highest BCUT2D eigenvalue weighted by molar-refractivity contribution is 5.30. The molecular formula is C17H24N4O. The maximum atomic E-state index is 9.70. The van der Waals surface area contributed by atoms with E-state index in [0.29, 0.717) is 5.92 Å². The highest BCUT2D eigenvalue weighted by Crippen LogP contribution is 2.27. The zero-order valence-corrected chi connectivity index (χ0v) is 13.3. The van der Waals surface area contributed by atoms with Gasteiger partial charge >= 0.3 is 0 Å². The lowest BCUT2D eigenvalue weighted by Gasteiger charge is -2.36. The van der Waals surface area contributed by atoms with Crippen molar-refractivity contribution in [1.82, 2.24) is 19.9 Å². The second kappa shape index (κ2) is 6.58. The fourth-order valence-corrected chi connectivity index (χ4v) is 3.15. The minimum atomic E-state index is -0.198. The Morgan fingerprint density at radius 3 is 2.45 bits per heavy atom. The maximum Gasteiger partial charge on any atom is 0.1000 e. The van der Waals surface area contributed by atoms with E-state index in [1.54, 1.807) is 0 Å². The summed E-state index contributed by atoms with van der Waals surface area (Å²) >= 11 is 0. The van der Waals surface area contributed by atoms with Gasteiger partial charge in [0, 0.05) is 0 Å². The second-order valence-corrected chi connectivity index (χ2v) is 6.21. The standard InChI is InChI=1S/C17H24N4O/c1-13(20-10-8-15(9-11-20)14(2)22)17-12-21(19-18-17)16-6-4-3-5-7-16/h3-7,12-15,22H,8-11H2,1-2H3. The number of nitrogens with zero attached hydrogens (tertiary/aromatic N) is 4. The molecule has 2 heterocycles. The van der Waals surface area contributed by atoms with Gasteiger partial charge in [0.25, 0.3) is 0 Å². The molecule has 118 valence electrons. The van der Waals surface area contributed by atoms with Crippen molar-refractivity contribution in [3.05, 3.63) is 42.2 Å². The molecule has 0 bridgehead atoms. The minimum absolute atomic E-state index is 0.198. The number of aliphatic hydroxyl groups is 1. The van der Waals surface area contributed by atoms with Gasteiger partial charge in [0.05, 0.1) is 29.7 Å². The Balaban J connectivity index is 1.66. The summed E-state index contributed by atoms with van der Waals surface area (Å²) in [6, 6.07) is 10.3. The average Bonchev–Trinajstić information content (AvgIpc) is 3.05. The van der Waals surface area contributed by atoms with Crippen LogP contribution >= 0.6 is 0 Å². The maximum absolute atomic E-state index is 9.70. The number of hydrogen-bond donors (Lipinski definition) is 1. The number of rotatable bonds is 4. The molecule has 1 N–H and O–H groups in total. The third-order valence-electron chi connectivity index (χ3n) is 4.76. The van der Waals surface area contributed by atoms with E-state index in [1.165, 1.54) is 0 Å². The first-order chi connectivity index (χ1) is 10.6. The van der Waals surface area contributed by atoms with Crippen LogP contribution in [-0.2, 0) is 0 Å². The first-order valence-corrected chi connectivity index (χ1v) is 8.05. The zero-order chi connectivity index (χ0) is 15.5. The predicted octanol–water partition coefficient (Wildman–Crippen LogP) is 2.42. The third-order valence-corrected chi connectivity index (χ3v) is 4.76. The number of hydrogen-bond acceptors (Lipinski definition) is 4. The molecule has 3 rings (SSSR count). The van der Waals surface area contributed by atoms with Crippen molar-refractivity contribution in [3.8, 4) is 5.69 Å². The number of benzene rings is 1. The van der Waals surface area contributed by atoms with Crippen molar-refractivity contribution in [1.29, 1.82) is 0 Å². The topological polar surface area (TPSA) is 54.2 Å². The minimum Gasteiger partial charge on any atom is -0.393 e. The van der Waals surface area contributed by atoms with Gasteiger partial charge in [-0.2, -0.15) is 0 Å². The molecule has 1 aromatic heterocycles. The lowest BCUT2D eigenvalue weighted by Crippen LogP contribution is -2.38. The van der Waals surface area contributed by atoms with Gasteiger partial charge in [-0.15, -0.1) is 5.10 Å². The summed E-state index contributed by atoms with van der Waals surface area (Å²) in [5.41, 5.74) is 2.03. The first kappa shape index (κ1) is 15.2. The monoisotopic (exact) mass is 300 g/mol. The molecule has 1 aliphatic rings. The van der Waals surface area contributed by atoms with Gasteiger partial charge in [-0.3, -0.25) is 4.90 Å². The SMILES string of the molecule is CC(O)C1CCN(C(C)c2cn(-c3ccccc3)nn2)CC1. The molecule has 1 fully saturated rings. The van der Waals surface area contributed by atoms with Crippen molar-refractivity contribution >= 4 is 0 Å². The average molecular weight is 300 g/mol. The summed E-state index contributed by atoms with van der Waals surface area (Å²) < 4.78 is 1.83. The molecule has 0 spiro atoms. The molecule has 2 unspecified atom stereocenters. The van der Waals surface area contributed by atoms with Crippen molar-refractivity contribution in [2.75, 3.05) is 13.1 Å². The Morgan fingerprint density at radius 1 is 1.14 bits per heavy atom. The van der Waals surface area contributed by atoms with E-state index < -0.39 is 0 Å². The Morgan fingerprint density at radius 2 is 1.82 bits per heavy atom. The van der Waals surface area contributed by atoms with E-state index in [2.05, 4.69) is 22.1 Å². The lowest BCUT2D eigenvalue weighted by molar-refractivity contribution is 0.0579. The summed E-state index contributed by atoms with van der Waals surface area (Å²) in [4.78, 5) is 2.43. The molecule has 1 saturated heterocycles. The number of piperidine rings is 1. The van der Waals surface area contributed by atoms with Gasteiger partial charge in [0.1, 0.15) is 0 Å². The van der Waals surface area contributed by atoms with Crippen LogP contribution in [0.25, 0.3) is 5.69 Å². The highest BCUT2D eigenvalue weighted by Gasteiger charge is 2.27. The van der Waals surface area contributed by atoms with Crippen LogP contribution in [0.3, 0.4) is 0 Å². The zero-order valence-electron chi connectivity index (χ0n) is 13.3. The summed E-state index contributed by atoms with van der Waals surface area (Å²) in [5.74, 6) is 0.434. The van der Waals surface area contributed by atoms with E-state index in [-0.39, 0.29) is 12.1 Å². The quantitative estimate of drug-likeness (QED) is 0.942. The van der Waals surface area contributed by atoms with Gasteiger partial charge in [0.2, 0.25) is 0 Å². The molecule has 5 heteroatoms. The van der Waals surface area contributed by atoms with Gasteiger partial charge in [-0.1, -0.05) is 23.4 Å². The van der Waals surface area contributed by atoms with Crippen LogP contribution in [0.5, 0.6) is 0 Å². The number of aromatic nitrogens is 3. The van der Waals surface area contributed by atoms with Crippen molar-refractivity contribution in [3.63, 3.8) is 0 Å². The molecule has 0 saturated carbocycles. The van der Waals surface area contributed by atoms with Crippen LogP contribution < -0.4 is 0 Å². The van der Waals surface area contributed by atoms with E-state index >= 15 is 0 Å². The van der Waals surface area contributed by atoms with Crippen LogP contribution in [0, 0.1) is 5.92 Å². The van der Waals surface area contributed by atoms with Crippen molar-refractivity contribution < 1.29 is 5.11 Å². The van der Waals surface area contributed by atoms with E-state index in [0.717, 1.165) is 37.3 Å². The van der Waals surface area contributed by atoms with E-state index in [4.69, 9.17) is 0 Å². The third kappa shape index (κ3) is 3.20. The number of para-hydroxylation sites is 1. The Hall–Kier alpha value is -1.72. The van der Waals surface area contributed by atoms with Crippen molar-refractivity contribution in [2.45, 2.75) is 38.8 Å². The Bertz CT molecular complexity index is 588. The van der Waals surface area contributed by atoms with Crippen LogP contribution in [0.4, 0.5) is 0 Å². The first-order valence-electron chi connectivity index (χ1n) is 8.05. The molecule has 0 aliphatic carbocycles. The molecule has 5 nitrogen and oxygen atoms in total. The molecule has 0 amide bonds. The molecule has 22 heavy (non-hydrogen) atoms. The van der Waals surface area contributed by atoms with E-state index in [1.807, 2.05) is 48.1 Å². The molecule has 1 aliphatic heterocycles. The van der Waals surface area contributed by atoms with Gasteiger partial charge < -0.3 is 5.11 Å². The molecular weight excluding hydrogens is 276 g/mol. The molecule has 2 aromatic rings. The summed E-state index contributed by atoms with van der Waals surface area (Å²) in [6.45, 7) is 6.10. The largest absolute Gasteiger partial charge is 0.393 e. The Labute approximate surface area is 131 Å². The van der Waals surface area contributed by atoms with E-state index in [9.17, 15) is 5.11 Å². The summed E-state index contributed by atoms with van der Waals surface area (Å²) in [7, 11) is 0. The smallest absolute Gasteiger partial charge is 0.1000 e. The number of aliphatic hydroxyl groups excluding tert-OH is 1. The van der Waals surface area contributed by atoms with Crippen LogP contribution in [0.15, 0.2) is 36.5 Å². The highest BCUT2D eigenvalue weighted by atomic mass is 16.3. The summed E-state index contributed by atoms with van der Waals surface area (Å²) in [6.07, 6.45) is 3.92. The molecule has 2 atom stereocenters. The lowest BCUT2D eigenvalue weighted by atomic mass is 9.91. The van der Waals surface area contributed by atoms with Gasteiger partial charge in [-0.05, 0) is 57.8 Å². The fourth-order valence-electron chi connectivity index (χ4n) is 3.15. The molecule has 1 aromatic carbocycles. The van der Waals surface area contributed by atoms with Crippen LogP contribution in [0.1, 0.15) is 38.4 Å². The normalized spacial score (nSPS) is 20.0. The van der Waals surface area contributed by atoms with Crippen LogP contribution in [0.2, 0.25) is 0 Å². The second-order valence-electron chi connectivity index (χ2n) is 6.21. The number of likely N-dealkylation sites (tertiary alicyclic amines) is 1. The van der Waals surface area contributed by atoms with Crippen molar-refractivity contribution in [2.24, 2.45) is 5.92 Å². The Kier molecular flexibility index (Phi) is 4.55. The summed E-state index contributed by atoms with van der Waals surface area (Å²) in [5, 5.41) is 18.3. The fraction of sp³-hybridized carbons (Fsp3) is 0.529. The van der Waals surface area contributed by atoms with Gasteiger partial charge in [-0.25, -0.2) is 4.68 Å². The predicted molar refractivity (Wildman–Crippen MR) is 85.8 cm³/mol. The molecule has 0 radical (unpaired) electrons. The van der Waals surface area contributed by atoms with Crippen LogP contribution in [-0.4, -0.2) is 44.2 Å². The van der Waals surface area contributed by atoms with Gasteiger partial charge in [0.15, 0.2) is 0 Å².